The van der Waals surface area contributed by atoms with Crippen molar-refractivity contribution in [2.75, 3.05) is 7.05 Å². The lowest BCUT2D eigenvalue weighted by Crippen LogP contribution is -2.44. The van der Waals surface area contributed by atoms with Crippen LogP contribution in [-0.2, 0) is 13.0 Å². The fraction of sp³-hybridized carbons (Fsp3) is 0.355. The molecule has 0 bridgehead atoms. The van der Waals surface area contributed by atoms with Crippen molar-refractivity contribution >= 4 is 53.5 Å². The van der Waals surface area contributed by atoms with Gasteiger partial charge in [-0.25, -0.2) is 8.78 Å². The van der Waals surface area contributed by atoms with Crippen molar-refractivity contribution in [2.24, 2.45) is 0 Å². The number of pyridine rings is 1. The number of nitrogens with one attached hydrogen (secondary N) is 1. The van der Waals surface area contributed by atoms with E-state index in [1.54, 1.807) is 0 Å². The number of benzene rings is 2. The number of nitrogens with zero attached hydrogens (tertiary/aromatic N) is 2. The van der Waals surface area contributed by atoms with Gasteiger partial charge < -0.3 is 10.2 Å². The van der Waals surface area contributed by atoms with Crippen molar-refractivity contribution < 1.29 is 13.6 Å². The van der Waals surface area contributed by atoms with E-state index in [0.29, 0.717) is 12.6 Å². The molecule has 9 heteroatoms. The lowest BCUT2D eigenvalue weighted by Gasteiger charge is -2.37. The lowest BCUT2D eigenvalue weighted by molar-refractivity contribution is 0.0607. The molecule has 1 aliphatic rings. The maximum Gasteiger partial charge on any atom is 0.266 e. The topological polar surface area (TPSA) is 45.2 Å². The summed E-state index contributed by atoms with van der Waals surface area (Å²) in [4.78, 5) is 20.7. The second-order valence-corrected chi connectivity index (χ2v) is 12.4. The maximum absolute atomic E-state index is 14.6. The first-order chi connectivity index (χ1) is 19.3. The van der Waals surface area contributed by atoms with Crippen LogP contribution < -0.4 is 10.6 Å². The number of amides is 1. The molecule has 1 fully saturated rings. The Kier molecular flexibility index (Phi) is 9.16. The monoisotopic (exact) mass is 599 g/mol. The van der Waals surface area contributed by atoms with Crippen LogP contribution in [0.5, 0.6) is 0 Å². The van der Waals surface area contributed by atoms with Gasteiger partial charge in [0.05, 0.1) is 15.1 Å². The number of rotatable bonds is 8. The Balaban J connectivity index is 1.53. The zero-order chi connectivity index (χ0) is 28.4. The maximum atomic E-state index is 14.6. The Morgan fingerprint density at radius 3 is 2.52 bits per heavy atom. The fourth-order valence-corrected chi connectivity index (χ4v) is 7.34. The van der Waals surface area contributed by atoms with Crippen LogP contribution in [-0.4, -0.2) is 34.9 Å². The Morgan fingerprint density at radius 2 is 1.82 bits per heavy atom. The molecule has 2 heterocycles. The molecule has 210 valence electrons. The molecule has 2 aromatic heterocycles. The van der Waals surface area contributed by atoms with E-state index in [4.69, 9.17) is 11.6 Å². The Morgan fingerprint density at radius 1 is 1.10 bits per heavy atom. The van der Waals surface area contributed by atoms with E-state index in [2.05, 4.69) is 44.7 Å². The zero-order valence-electron chi connectivity index (χ0n) is 22.6. The molecular weight excluding hydrogens is 567 g/mol. The minimum absolute atomic E-state index is 0.0155. The van der Waals surface area contributed by atoms with E-state index in [-0.39, 0.29) is 31.9 Å². The average Bonchev–Trinajstić information content (AvgIpc) is 3.33. The van der Waals surface area contributed by atoms with Gasteiger partial charge in [0.2, 0.25) is 0 Å². The van der Waals surface area contributed by atoms with Crippen LogP contribution in [0.3, 0.4) is 0 Å². The second-order valence-electron chi connectivity index (χ2n) is 10.4. The summed E-state index contributed by atoms with van der Waals surface area (Å²) in [6, 6.07) is 12.9. The summed E-state index contributed by atoms with van der Waals surface area (Å²) in [6.07, 6.45) is 7.33. The number of hydrogen-bond acceptors (Lipinski definition) is 4. The van der Waals surface area contributed by atoms with E-state index < -0.39 is 11.6 Å². The molecule has 4 aromatic rings. The largest absolute Gasteiger partial charge is 0.331 e. The molecule has 4 nitrogen and oxygen atoms in total. The van der Waals surface area contributed by atoms with Gasteiger partial charge in [-0.1, -0.05) is 37.1 Å². The van der Waals surface area contributed by atoms with Gasteiger partial charge >= 0.3 is 0 Å². The fourth-order valence-electron chi connectivity index (χ4n) is 5.57. The van der Waals surface area contributed by atoms with Crippen molar-refractivity contribution in [1.82, 2.24) is 15.2 Å². The van der Waals surface area contributed by atoms with E-state index in [1.807, 2.05) is 30.3 Å². The van der Waals surface area contributed by atoms with Gasteiger partial charge in [0.1, 0.15) is 16.5 Å². The number of halogens is 3. The van der Waals surface area contributed by atoms with Crippen LogP contribution in [0.2, 0.25) is 5.02 Å². The summed E-state index contributed by atoms with van der Waals surface area (Å²) in [5.74, 6) is -1.50. The molecule has 1 saturated carbocycles. The minimum Gasteiger partial charge on any atom is -0.331 e. The SMILES string of the molecule is CCCc1cc(-c2ccc(P)c(CN(C(=O)c3sc4c(F)ccc(F)c4c3Cl)C3CCC(NC)CC3)c2)ccn1. The lowest BCUT2D eigenvalue weighted by atomic mass is 9.89. The van der Waals surface area contributed by atoms with Crippen molar-refractivity contribution in [2.45, 2.75) is 64.1 Å². The minimum atomic E-state index is -0.627. The highest BCUT2D eigenvalue weighted by Gasteiger charge is 2.32. The summed E-state index contributed by atoms with van der Waals surface area (Å²) < 4.78 is 29.3. The molecule has 1 aliphatic carbocycles. The Bertz CT molecular complexity index is 1540. The predicted molar refractivity (Wildman–Crippen MR) is 165 cm³/mol. The van der Waals surface area contributed by atoms with E-state index in [1.165, 1.54) is 0 Å². The van der Waals surface area contributed by atoms with E-state index in [0.717, 1.165) is 89.7 Å². The normalized spacial score (nSPS) is 17.4. The van der Waals surface area contributed by atoms with Gasteiger partial charge in [0.25, 0.3) is 5.91 Å². The molecule has 40 heavy (non-hydrogen) atoms. The summed E-state index contributed by atoms with van der Waals surface area (Å²) in [7, 11) is 4.75. The first-order valence-corrected chi connectivity index (χ1v) is 15.5. The summed E-state index contributed by atoms with van der Waals surface area (Å²) in [5.41, 5.74) is 4.18. The zero-order valence-corrected chi connectivity index (χ0v) is 25.4. The summed E-state index contributed by atoms with van der Waals surface area (Å²) >= 11 is 7.50. The molecule has 0 radical (unpaired) electrons. The molecule has 1 atom stereocenters. The van der Waals surface area contributed by atoms with E-state index >= 15 is 0 Å². The second kappa shape index (κ2) is 12.6. The van der Waals surface area contributed by atoms with Gasteiger partial charge in [-0.05, 0) is 91.5 Å². The molecule has 1 N–H and O–H groups in total. The third-order valence-electron chi connectivity index (χ3n) is 7.82. The predicted octanol–water partition coefficient (Wildman–Crippen LogP) is 7.52. The van der Waals surface area contributed by atoms with Crippen LogP contribution in [0.1, 0.15) is 60.0 Å². The number of aryl methyl sites for hydroxylation is 1. The number of fused-ring (bicyclic) bond motifs is 1. The van der Waals surface area contributed by atoms with Crippen molar-refractivity contribution in [1.29, 1.82) is 0 Å². The molecule has 2 aromatic carbocycles. The first-order valence-electron chi connectivity index (χ1n) is 13.7. The number of hydrogen-bond donors (Lipinski definition) is 1. The van der Waals surface area contributed by atoms with Gasteiger partial charge in [0.15, 0.2) is 0 Å². The third kappa shape index (κ3) is 5.94. The van der Waals surface area contributed by atoms with Crippen molar-refractivity contribution in [3.05, 3.63) is 81.5 Å². The average molecular weight is 600 g/mol. The summed E-state index contributed by atoms with van der Waals surface area (Å²) in [6.45, 7) is 2.50. The molecular formula is C31H33ClF2N3OPS. The van der Waals surface area contributed by atoms with Gasteiger partial charge in [-0.3, -0.25) is 9.78 Å². The Labute approximate surface area is 245 Å². The molecule has 0 saturated heterocycles. The van der Waals surface area contributed by atoms with Crippen molar-refractivity contribution in [3.8, 4) is 11.1 Å². The van der Waals surface area contributed by atoms with Crippen LogP contribution in [0.4, 0.5) is 8.78 Å². The highest BCUT2D eigenvalue weighted by molar-refractivity contribution is 7.27. The van der Waals surface area contributed by atoms with Gasteiger partial charge in [0, 0.05) is 30.5 Å². The molecule has 0 aliphatic heterocycles. The highest BCUT2D eigenvalue weighted by atomic mass is 35.5. The number of thiophene rings is 1. The molecule has 5 rings (SSSR count). The van der Waals surface area contributed by atoms with Crippen LogP contribution in [0, 0.1) is 11.6 Å². The number of carbonyl (C=O) groups is 1. The number of aromatic nitrogens is 1. The highest BCUT2D eigenvalue weighted by Crippen LogP contribution is 2.40. The van der Waals surface area contributed by atoms with E-state index in [9.17, 15) is 13.6 Å². The van der Waals surface area contributed by atoms with Gasteiger partial charge in [-0.2, -0.15) is 0 Å². The standard InChI is InChI=1S/C31H33ClF2N3OPS/c1-3-4-22-16-19(13-14-36-22)18-5-12-26(39)20(15-18)17-37(23-8-6-21(35-2)7-9-23)31(38)30-28(32)27-24(33)10-11-25(34)29(27)40-30/h5,10-16,21,23,35H,3-4,6-9,17,39H2,1-2H3. The quantitative estimate of drug-likeness (QED) is 0.213. The molecule has 1 unspecified atom stereocenters. The molecule has 0 spiro atoms. The smallest absolute Gasteiger partial charge is 0.266 e. The summed E-state index contributed by atoms with van der Waals surface area (Å²) in [5, 5.41) is 4.30. The van der Waals surface area contributed by atoms with Gasteiger partial charge in [-0.15, -0.1) is 20.6 Å². The first kappa shape index (κ1) is 29.1. The number of carbonyl (C=O) groups excluding carboxylic acids is 1. The van der Waals surface area contributed by atoms with Crippen molar-refractivity contribution in [3.63, 3.8) is 0 Å². The third-order valence-corrected chi connectivity index (χ3v) is 10.1. The van der Waals surface area contributed by atoms with Crippen LogP contribution in [0.25, 0.3) is 21.2 Å². The van der Waals surface area contributed by atoms with Crippen LogP contribution >= 0.6 is 32.2 Å². The Hall–Kier alpha value is -2.44. The molecule has 1 amide bonds. The van der Waals surface area contributed by atoms with Crippen LogP contribution in [0.15, 0.2) is 48.7 Å².